The monoisotopic (exact) mass is 331 g/mol. The second kappa shape index (κ2) is 7.51. The number of halogens is 1. The number of carbonyl (C=O) groups excluding carboxylic acids is 1. The summed E-state index contributed by atoms with van der Waals surface area (Å²) in [5.74, 6) is 0.687. The Kier molecular flexibility index (Phi) is 5.67. The maximum atomic E-state index is 12.5. The van der Waals surface area contributed by atoms with Crippen molar-refractivity contribution in [1.29, 1.82) is 0 Å². The summed E-state index contributed by atoms with van der Waals surface area (Å²) in [6, 6.07) is 11.3. The summed E-state index contributed by atoms with van der Waals surface area (Å²) in [6.45, 7) is 5.98. The third-order valence-corrected chi connectivity index (χ3v) is 4.22. The standard InChI is InChI=1S/C19H22ClNO2/c1-5-17(14-7-9-18(23-4)13(3)11-14)21-19(22)15-8-6-12(2)10-16(15)20/h6-11,17H,5H2,1-4H3,(H,21,22). The number of aryl methyl sites for hydroxylation is 2. The van der Waals surface area contributed by atoms with E-state index in [1.165, 1.54) is 0 Å². The van der Waals surface area contributed by atoms with E-state index in [9.17, 15) is 4.79 Å². The van der Waals surface area contributed by atoms with Crippen LogP contribution < -0.4 is 10.1 Å². The van der Waals surface area contributed by atoms with Gasteiger partial charge in [0.05, 0.1) is 23.7 Å². The van der Waals surface area contributed by atoms with Crippen LogP contribution in [0.1, 0.15) is 46.4 Å². The molecule has 2 aromatic carbocycles. The van der Waals surface area contributed by atoms with Crippen molar-refractivity contribution in [2.75, 3.05) is 7.11 Å². The van der Waals surface area contributed by atoms with Crippen LogP contribution in [0.25, 0.3) is 0 Å². The minimum absolute atomic E-state index is 0.0653. The van der Waals surface area contributed by atoms with Gasteiger partial charge in [0.2, 0.25) is 0 Å². The highest BCUT2D eigenvalue weighted by Gasteiger charge is 2.17. The molecule has 0 bridgehead atoms. The van der Waals surface area contributed by atoms with Gasteiger partial charge in [0.25, 0.3) is 5.91 Å². The van der Waals surface area contributed by atoms with Crippen LogP contribution in [0.2, 0.25) is 5.02 Å². The van der Waals surface area contributed by atoms with Crippen LogP contribution in [0.15, 0.2) is 36.4 Å². The summed E-state index contributed by atoms with van der Waals surface area (Å²) in [4.78, 5) is 12.5. The summed E-state index contributed by atoms with van der Waals surface area (Å²) in [5.41, 5.74) is 3.64. The van der Waals surface area contributed by atoms with Crippen LogP contribution >= 0.6 is 11.6 Å². The van der Waals surface area contributed by atoms with Gasteiger partial charge >= 0.3 is 0 Å². The zero-order chi connectivity index (χ0) is 17.0. The molecule has 0 saturated carbocycles. The molecule has 0 aliphatic heterocycles. The van der Waals surface area contributed by atoms with Crippen molar-refractivity contribution < 1.29 is 9.53 Å². The Balaban J connectivity index is 2.21. The van der Waals surface area contributed by atoms with Crippen LogP contribution in [-0.2, 0) is 0 Å². The van der Waals surface area contributed by atoms with Gasteiger partial charge in [0.1, 0.15) is 5.75 Å². The molecular weight excluding hydrogens is 310 g/mol. The van der Waals surface area contributed by atoms with Crippen LogP contribution in [0.5, 0.6) is 5.75 Å². The van der Waals surface area contributed by atoms with Crippen molar-refractivity contribution in [3.05, 3.63) is 63.7 Å². The normalized spacial score (nSPS) is 11.9. The number of nitrogens with one attached hydrogen (secondary N) is 1. The number of amides is 1. The summed E-state index contributed by atoms with van der Waals surface area (Å²) in [7, 11) is 1.65. The second-order valence-electron chi connectivity index (χ2n) is 5.65. The molecular formula is C19H22ClNO2. The topological polar surface area (TPSA) is 38.3 Å². The number of hydrogen-bond acceptors (Lipinski definition) is 2. The number of ether oxygens (including phenoxy) is 1. The van der Waals surface area contributed by atoms with Gasteiger partial charge in [-0.05, 0) is 55.2 Å². The Bertz CT molecular complexity index is 713. The molecule has 0 spiro atoms. The second-order valence-corrected chi connectivity index (χ2v) is 6.05. The Hall–Kier alpha value is -2.00. The molecule has 0 fully saturated rings. The first-order chi connectivity index (χ1) is 11.0. The van der Waals surface area contributed by atoms with Crippen LogP contribution in [0.3, 0.4) is 0 Å². The van der Waals surface area contributed by atoms with Crippen molar-refractivity contribution in [2.24, 2.45) is 0 Å². The fraction of sp³-hybridized carbons (Fsp3) is 0.316. The van der Waals surface area contributed by atoms with E-state index in [-0.39, 0.29) is 11.9 Å². The molecule has 1 unspecified atom stereocenters. The smallest absolute Gasteiger partial charge is 0.253 e. The van der Waals surface area contributed by atoms with Crippen molar-refractivity contribution >= 4 is 17.5 Å². The van der Waals surface area contributed by atoms with Gasteiger partial charge in [0.15, 0.2) is 0 Å². The Labute approximate surface area is 142 Å². The van der Waals surface area contributed by atoms with E-state index in [4.69, 9.17) is 16.3 Å². The molecule has 3 nitrogen and oxygen atoms in total. The van der Waals surface area contributed by atoms with Gasteiger partial charge in [-0.3, -0.25) is 4.79 Å². The van der Waals surface area contributed by atoms with Gasteiger partial charge in [0, 0.05) is 0 Å². The molecule has 1 N–H and O–H groups in total. The molecule has 0 saturated heterocycles. The van der Waals surface area contributed by atoms with E-state index in [0.29, 0.717) is 10.6 Å². The van der Waals surface area contributed by atoms with Gasteiger partial charge in [-0.25, -0.2) is 0 Å². The van der Waals surface area contributed by atoms with E-state index in [1.54, 1.807) is 19.2 Å². The van der Waals surface area contributed by atoms with Gasteiger partial charge < -0.3 is 10.1 Å². The molecule has 1 atom stereocenters. The Morgan fingerprint density at radius 1 is 1.22 bits per heavy atom. The van der Waals surface area contributed by atoms with Crippen LogP contribution in [-0.4, -0.2) is 13.0 Å². The maximum Gasteiger partial charge on any atom is 0.253 e. The predicted octanol–water partition coefficient (Wildman–Crippen LogP) is 4.85. The zero-order valence-corrected chi connectivity index (χ0v) is 14.7. The van der Waals surface area contributed by atoms with E-state index >= 15 is 0 Å². The fourth-order valence-electron chi connectivity index (χ4n) is 2.58. The highest BCUT2D eigenvalue weighted by molar-refractivity contribution is 6.33. The Morgan fingerprint density at radius 2 is 1.96 bits per heavy atom. The number of methoxy groups -OCH3 is 1. The zero-order valence-electron chi connectivity index (χ0n) is 13.9. The quantitative estimate of drug-likeness (QED) is 0.850. The number of benzene rings is 2. The molecule has 0 aliphatic carbocycles. The largest absolute Gasteiger partial charge is 0.496 e. The molecule has 0 radical (unpaired) electrons. The maximum absolute atomic E-state index is 12.5. The fourth-order valence-corrected chi connectivity index (χ4v) is 2.90. The number of hydrogen-bond donors (Lipinski definition) is 1. The lowest BCUT2D eigenvalue weighted by Gasteiger charge is -2.19. The highest BCUT2D eigenvalue weighted by Crippen LogP contribution is 2.25. The third-order valence-electron chi connectivity index (χ3n) is 3.90. The minimum Gasteiger partial charge on any atom is -0.496 e. The average molecular weight is 332 g/mol. The molecule has 122 valence electrons. The lowest BCUT2D eigenvalue weighted by molar-refractivity contribution is 0.0935. The first kappa shape index (κ1) is 17.4. The first-order valence-electron chi connectivity index (χ1n) is 7.67. The summed E-state index contributed by atoms with van der Waals surface area (Å²) >= 11 is 6.18. The third kappa shape index (κ3) is 4.05. The molecule has 2 aromatic rings. The predicted molar refractivity (Wildman–Crippen MR) is 94.4 cm³/mol. The van der Waals surface area contributed by atoms with Crippen molar-refractivity contribution in [3.8, 4) is 5.75 Å². The molecule has 0 aliphatic rings. The highest BCUT2D eigenvalue weighted by atomic mass is 35.5. The van der Waals surface area contributed by atoms with Gasteiger partial charge in [-0.1, -0.05) is 36.7 Å². The van der Waals surface area contributed by atoms with Gasteiger partial charge in [-0.2, -0.15) is 0 Å². The number of rotatable bonds is 5. The summed E-state index contributed by atoms with van der Waals surface area (Å²) in [5, 5.41) is 3.54. The average Bonchev–Trinajstić information content (AvgIpc) is 2.52. The molecule has 1 amide bonds. The van der Waals surface area contributed by atoms with E-state index in [2.05, 4.69) is 5.32 Å². The van der Waals surface area contributed by atoms with E-state index in [0.717, 1.165) is 28.9 Å². The van der Waals surface area contributed by atoms with E-state index < -0.39 is 0 Å². The molecule has 23 heavy (non-hydrogen) atoms. The van der Waals surface area contributed by atoms with Crippen molar-refractivity contribution in [3.63, 3.8) is 0 Å². The summed E-state index contributed by atoms with van der Waals surface area (Å²) in [6.07, 6.45) is 0.793. The lowest BCUT2D eigenvalue weighted by Crippen LogP contribution is -2.28. The molecule has 4 heteroatoms. The minimum atomic E-state index is -0.157. The van der Waals surface area contributed by atoms with E-state index in [1.807, 2.05) is 45.0 Å². The molecule has 0 heterocycles. The Morgan fingerprint density at radius 3 is 2.52 bits per heavy atom. The van der Waals surface area contributed by atoms with Crippen molar-refractivity contribution in [1.82, 2.24) is 5.32 Å². The SMILES string of the molecule is CCC(NC(=O)c1ccc(C)cc1Cl)c1ccc(OC)c(C)c1. The first-order valence-corrected chi connectivity index (χ1v) is 8.05. The number of carbonyl (C=O) groups is 1. The summed E-state index contributed by atoms with van der Waals surface area (Å²) < 4.78 is 5.29. The van der Waals surface area contributed by atoms with Gasteiger partial charge in [-0.15, -0.1) is 0 Å². The van der Waals surface area contributed by atoms with Crippen LogP contribution in [0.4, 0.5) is 0 Å². The molecule has 0 aromatic heterocycles. The molecule has 2 rings (SSSR count). The lowest BCUT2D eigenvalue weighted by atomic mass is 10.0. The van der Waals surface area contributed by atoms with Crippen LogP contribution in [0, 0.1) is 13.8 Å². The van der Waals surface area contributed by atoms with Crippen molar-refractivity contribution in [2.45, 2.75) is 33.2 Å².